The number of nitrogen functional groups attached to an aromatic ring is 1. The molecule has 5 N–H and O–H groups in total. The van der Waals surface area contributed by atoms with E-state index < -0.39 is 5.91 Å². The number of nitrogens with zero attached hydrogens (tertiary/aromatic N) is 4. The fourth-order valence-electron chi connectivity index (χ4n) is 4.10. The lowest BCUT2D eigenvalue weighted by Crippen LogP contribution is -2.14. The number of phenols is 1. The zero-order chi connectivity index (χ0) is 19.7. The summed E-state index contributed by atoms with van der Waals surface area (Å²) in [5.41, 5.74) is 17.0. The zero-order valence-electron chi connectivity index (χ0n) is 15.6. The van der Waals surface area contributed by atoms with E-state index in [0.717, 1.165) is 24.1 Å². The number of rotatable bonds is 3. The largest absolute Gasteiger partial charge is 0.508 e. The van der Waals surface area contributed by atoms with E-state index in [2.05, 4.69) is 10.1 Å². The van der Waals surface area contributed by atoms with Gasteiger partial charge in [0.05, 0.1) is 11.3 Å². The number of carbonyl (C=O) groups is 1. The summed E-state index contributed by atoms with van der Waals surface area (Å²) in [6.07, 6.45) is 3.65. The third-order valence-corrected chi connectivity index (χ3v) is 5.61. The minimum absolute atomic E-state index is 0.148. The van der Waals surface area contributed by atoms with Crippen LogP contribution in [-0.2, 0) is 0 Å². The van der Waals surface area contributed by atoms with Crippen molar-refractivity contribution in [3.63, 3.8) is 0 Å². The standard InChI is InChI=1S/C20H20N6O2/c1-9-3-6-14(27)10(2)16(9)25-17-12(15(18(25)21)19(22)28)7-13(11-4-5-11)26-20(17)23-8-24-26/h3,6-8,11,27H,4-5,21H2,1-2H3,(H2,22,28). The predicted molar refractivity (Wildman–Crippen MR) is 106 cm³/mol. The van der Waals surface area contributed by atoms with E-state index in [0.29, 0.717) is 33.7 Å². The monoisotopic (exact) mass is 376 g/mol. The lowest BCUT2D eigenvalue weighted by molar-refractivity contribution is 0.100. The number of hydrogen-bond donors (Lipinski definition) is 3. The second kappa shape index (κ2) is 5.48. The number of aryl methyl sites for hydroxylation is 1. The van der Waals surface area contributed by atoms with Crippen molar-refractivity contribution in [3.8, 4) is 11.4 Å². The minimum Gasteiger partial charge on any atom is -0.508 e. The molecule has 1 saturated carbocycles. The maximum absolute atomic E-state index is 12.3. The Morgan fingerprint density at radius 1 is 1.29 bits per heavy atom. The Hall–Kier alpha value is -3.55. The van der Waals surface area contributed by atoms with Gasteiger partial charge in [-0.2, -0.15) is 5.10 Å². The number of aromatic nitrogens is 4. The van der Waals surface area contributed by atoms with E-state index in [9.17, 15) is 9.90 Å². The average molecular weight is 376 g/mol. The molecule has 0 atom stereocenters. The van der Waals surface area contributed by atoms with E-state index in [-0.39, 0.29) is 17.1 Å². The second-order valence-corrected chi connectivity index (χ2v) is 7.44. The number of hydrogen-bond acceptors (Lipinski definition) is 5. The Morgan fingerprint density at radius 3 is 2.71 bits per heavy atom. The van der Waals surface area contributed by atoms with Gasteiger partial charge in [0.25, 0.3) is 5.91 Å². The quantitative estimate of drug-likeness (QED) is 0.507. The number of amides is 1. The maximum Gasteiger partial charge on any atom is 0.253 e. The van der Waals surface area contributed by atoms with E-state index in [1.165, 1.54) is 6.33 Å². The van der Waals surface area contributed by atoms with Crippen molar-refractivity contribution in [2.24, 2.45) is 5.73 Å². The number of benzene rings is 1. The van der Waals surface area contributed by atoms with Gasteiger partial charge in [-0.25, -0.2) is 9.50 Å². The van der Waals surface area contributed by atoms with Crippen molar-refractivity contribution in [1.82, 2.24) is 19.2 Å². The number of primary amides is 1. The van der Waals surface area contributed by atoms with E-state index in [1.807, 2.05) is 30.5 Å². The highest BCUT2D eigenvalue weighted by molar-refractivity contribution is 6.14. The highest BCUT2D eigenvalue weighted by Gasteiger charge is 2.31. The van der Waals surface area contributed by atoms with Crippen LogP contribution in [0.15, 0.2) is 24.5 Å². The first kappa shape index (κ1) is 16.6. The number of aromatic hydroxyl groups is 1. The fraction of sp³-hybridized carbons (Fsp3) is 0.250. The van der Waals surface area contributed by atoms with Crippen molar-refractivity contribution in [2.45, 2.75) is 32.6 Å². The van der Waals surface area contributed by atoms with Gasteiger partial charge < -0.3 is 16.6 Å². The number of carbonyl (C=O) groups excluding carboxylic acids is 1. The van der Waals surface area contributed by atoms with Crippen LogP contribution >= 0.6 is 0 Å². The third-order valence-electron chi connectivity index (χ3n) is 5.61. The van der Waals surface area contributed by atoms with Gasteiger partial charge in [0, 0.05) is 22.6 Å². The summed E-state index contributed by atoms with van der Waals surface area (Å²) in [5, 5.41) is 15.3. The van der Waals surface area contributed by atoms with Gasteiger partial charge in [-0.3, -0.25) is 9.36 Å². The lowest BCUT2D eigenvalue weighted by Gasteiger charge is -2.16. The van der Waals surface area contributed by atoms with Crippen LogP contribution in [0.25, 0.3) is 22.2 Å². The van der Waals surface area contributed by atoms with Crippen LogP contribution in [0.1, 0.15) is 45.9 Å². The second-order valence-electron chi connectivity index (χ2n) is 7.44. The highest BCUT2D eigenvalue weighted by Crippen LogP contribution is 2.44. The number of anilines is 1. The molecule has 5 rings (SSSR count). The number of fused-ring (bicyclic) bond motifs is 3. The van der Waals surface area contributed by atoms with Gasteiger partial charge in [-0.15, -0.1) is 0 Å². The summed E-state index contributed by atoms with van der Waals surface area (Å²) in [5.74, 6) is 0.178. The SMILES string of the molecule is Cc1ccc(O)c(C)c1-n1c(N)c(C(N)=O)c2cc(C3CC3)n3ncnc3c21. The molecule has 1 aromatic carbocycles. The molecular weight excluding hydrogens is 356 g/mol. The lowest BCUT2D eigenvalue weighted by atomic mass is 10.1. The van der Waals surface area contributed by atoms with Crippen molar-refractivity contribution in [1.29, 1.82) is 0 Å². The Kier molecular flexibility index (Phi) is 3.25. The summed E-state index contributed by atoms with van der Waals surface area (Å²) in [4.78, 5) is 16.8. The average Bonchev–Trinajstić information content (AvgIpc) is 3.30. The smallest absolute Gasteiger partial charge is 0.253 e. The van der Waals surface area contributed by atoms with Gasteiger partial charge in [0.1, 0.15) is 23.4 Å². The summed E-state index contributed by atoms with van der Waals surface area (Å²) in [6, 6.07) is 5.41. The molecule has 0 saturated heterocycles. The molecule has 8 nitrogen and oxygen atoms in total. The van der Waals surface area contributed by atoms with Gasteiger partial charge in [-0.1, -0.05) is 6.07 Å². The highest BCUT2D eigenvalue weighted by atomic mass is 16.3. The van der Waals surface area contributed by atoms with Crippen LogP contribution in [0, 0.1) is 13.8 Å². The molecule has 0 unspecified atom stereocenters. The first-order chi connectivity index (χ1) is 13.4. The Bertz CT molecular complexity index is 1300. The van der Waals surface area contributed by atoms with E-state index in [4.69, 9.17) is 11.5 Å². The molecule has 142 valence electrons. The maximum atomic E-state index is 12.3. The zero-order valence-corrected chi connectivity index (χ0v) is 15.6. The van der Waals surface area contributed by atoms with Crippen molar-refractivity contribution in [2.75, 3.05) is 5.73 Å². The Labute approximate surface area is 160 Å². The van der Waals surface area contributed by atoms with Crippen LogP contribution in [0.5, 0.6) is 5.75 Å². The Balaban J connectivity index is 2.02. The predicted octanol–water partition coefficient (Wildman–Crippen LogP) is 2.55. The van der Waals surface area contributed by atoms with Crippen LogP contribution in [0.4, 0.5) is 5.82 Å². The van der Waals surface area contributed by atoms with Crippen LogP contribution in [-0.4, -0.2) is 30.2 Å². The molecule has 8 heteroatoms. The molecule has 0 aliphatic heterocycles. The van der Waals surface area contributed by atoms with Crippen LogP contribution in [0.2, 0.25) is 0 Å². The first-order valence-corrected chi connectivity index (χ1v) is 9.16. The summed E-state index contributed by atoms with van der Waals surface area (Å²) < 4.78 is 3.58. The van der Waals surface area contributed by atoms with Crippen LogP contribution in [0.3, 0.4) is 0 Å². The van der Waals surface area contributed by atoms with E-state index in [1.54, 1.807) is 10.6 Å². The van der Waals surface area contributed by atoms with Gasteiger partial charge in [0.15, 0.2) is 5.65 Å². The molecule has 1 fully saturated rings. The summed E-state index contributed by atoms with van der Waals surface area (Å²) >= 11 is 0. The molecule has 0 radical (unpaired) electrons. The molecule has 0 bridgehead atoms. The minimum atomic E-state index is -0.595. The molecule has 1 aliphatic carbocycles. The topological polar surface area (TPSA) is 124 Å². The van der Waals surface area contributed by atoms with Crippen molar-refractivity contribution in [3.05, 3.63) is 46.9 Å². The van der Waals surface area contributed by atoms with Crippen molar-refractivity contribution < 1.29 is 9.90 Å². The molecule has 3 heterocycles. The van der Waals surface area contributed by atoms with Gasteiger partial charge in [0.2, 0.25) is 0 Å². The third kappa shape index (κ3) is 2.08. The number of pyridine rings is 1. The first-order valence-electron chi connectivity index (χ1n) is 9.16. The van der Waals surface area contributed by atoms with Crippen molar-refractivity contribution >= 4 is 28.3 Å². The normalized spacial score (nSPS) is 14.2. The van der Waals surface area contributed by atoms with Crippen LogP contribution < -0.4 is 11.5 Å². The van der Waals surface area contributed by atoms with E-state index >= 15 is 0 Å². The molecule has 28 heavy (non-hydrogen) atoms. The molecule has 4 aromatic rings. The van der Waals surface area contributed by atoms with Gasteiger partial charge in [-0.05, 0) is 44.4 Å². The van der Waals surface area contributed by atoms with Gasteiger partial charge >= 0.3 is 0 Å². The fourth-order valence-corrected chi connectivity index (χ4v) is 4.10. The summed E-state index contributed by atoms with van der Waals surface area (Å²) in [7, 11) is 0. The molecule has 0 spiro atoms. The molecule has 1 aliphatic rings. The number of phenolic OH excluding ortho intramolecular Hbond substituents is 1. The summed E-state index contributed by atoms with van der Waals surface area (Å²) in [6.45, 7) is 3.74. The molecular formula is C20H20N6O2. The molecule has 3 aromatic heterocycles. The number of nitrogens with two attached hydrogens (primary N) is 2. The molecule has 1 amide bonds. The Morgan fingerprint density at radius 2 is 2.04 bits per heavy atom.